The highest BCUT2D eigenvalue weighted by atomic mass is 16.5. The standard InChI is InChI=1S/C11H14N2O3/c1-16-11(15)8-13-10(14)5-4-9-3-2-6-12-7-9/h2-3,6-7H,4-5,8H2,1H3,(H,13,14). The summed E-state index contributed by atoms with van der Waals surface area (Å²) in [6.07, 6.45) is 4.35. The maximum atomic E-state index is 11.3. The molecule has 0 atom stereocenters. The molecule has 0 saturated heterocycles. The molecule has 0 unspecified atom stereocenters. The summed E-state index contributed by atoms with van der Waals surface area (Å²) in [6, 6.07) is 3.72. The maximum absolute atomic E-state index is 11.3. The van der Waals surface area contributed by atoms with Crippen molar-refractivity contribution in [2.75, 3.05) is 13.7 Å². The second-order valence-electron chi connectivity index (χ2n) is 3.21. The third-order valence-corrected chi connectivity index (χ3v) is 2.02. The van der Waals surface area contributed by atoms with E-state index >= 15 is 0 Å². The molecule has 5 heteroatoms. The van der Waals surface area contributed by atoms with Crippen molar-refractivity contribution in [2.45, 2.75) is 12.8 Å². The van der Waals surface area contributed by atoms with Crippen LogP contribution in [0.3, 0.4) is 0 Å². The minimum Gasteiger partial charge on any atom is -0.468 e. The quantitative estimate of drug-likeness (QED) is 0.728. The van der Waals surface area contributed by atoms with Crippen molar-refractivity contribution in [3.05, 3.63) is 30.1 Å². The van der Waals surface area contributed by atoms with Gasteiger partial charge in [-0.25, -0.2) is 0 Å². The summed E-state index contributed by atoms with van der Waals surface area (Å²) in [4.78, 5) is 26.0. The van der Waals surface area contributed by atoms with Gasteiger partial charge in [-0.2, -0.15) is 0 Å². The monoisotopic (exact) mass is 222 g/mol. The number of aromatic nitrogens is 1. The average Bonchev–Trinajstić information content (AvgIpc) is 2.34. The van der Waals surface area contributed by atoms with Crippen LogP contribution in [-0.4, -0.2) is 30.5 Å². The highest BCUT2D eigenvalue weighted by Gasteiger charge is 2.05. The molecule has 0 aliphatic heterocycles. The number of methoxy groups -OCH3 is 1. The Morgan fingerprint density at radius 2 is 2.31 bits per heavy atom. The smallest absolute Gasteiger partial charge is 0.325 e. The first-order chi connectivity index (χ1) is 7.72. The summed E-state index contributed by atoms with van der Waals surface area (Å²) >= 11 is 0. The van der Waals surface area contributed by atoms with Crippen LogP contribution in [0.1, 0.15) is 12.0 Å². The number of hydrogen-bond acceptors (Lipinski definition) is 4. The highest BCUT2D eigenvalue weighted by Crippen LogP contribution is 1.99. The number of nitrogens with zero attached hydrogens (tertiary/aromatic N) is 1. The first-order valence-electron chi connectivity index (χ1n) is 4.95. The lowest BCUT2D eigenvalue weighted by Crippen LogP contribution is -2.30. The van der Waals surface area contributed by atoms with Gasteiger partial charge in [-0.05, 0) is 18.1 Å². The van der Waals surface area contributed by atoms with E-state index in [1.165, 1.54) is 7.11 Å². The molecule has 0 spiro atoms. The van der Waals surface area contributed by atoms with Gasteiger partial charge in [0.05, 0.1) is 7.11 Å². The van der Waals surface area contributed by atoms with Gasteiger partial charge in [-0.3, -0.25) is 14.6 Å². The number of pyridine rings is 1. The summed E-state index contributed by atoms with van der Waals surface area (Å²) in [7, 11) is 1.28. The van der Waals surface area contributed by atoms with Gasteiger partial charge in [0, 0.05) is 18.8 Å². The van der Waals surface area contributed by atoms with Gasteiger partial charge >= 0.3 is 5.97 Å². The number of amides is 1. The van der Waals surface area contributed by atoms with Crippen LogP contribution in [0.2, 0.25) is 0 Å². The predicted molar refractivity (Wildman–Crippen MR) is 57.6 cm³/mol. The Bertz CT molecular complexity index is 352. The van der Waals surface area contributed by atoms with Crippen molar-refractivity contribution in [1.29, 1.82) is 0 Å². The van der Waals surface area contributed by atoms with E-state index < -0.39 is 5.97 Å². The summed E-state index contributed by atoms with van der Waals surface area (Å²) < 4.78 is 4.40. The van der Waals surface area contributed by atoms with Crippen LogP contribution in [0.4, 0.5) is 0 Å². The van der Waals surface area contributed by atoms with Crippen molar-refractivity contribution >= 4 is 11.9 Å². The van der Waals surface area contributed by atoms with Crippen LogP contribution < -0.4 is 5.32 Å². The Morgan fingerprint density at radius 1 is 1.50 bits per heavy atom. The zero-order valence-corrected chi connectivity index (χ0v) is 9.10. The SMILES string of the molecule is COC(=O)CNC(=O)CCc1cccnc1. The number of carbonyl (C=O) groups is 2. The van der Waals surface area contributed by atoms with Crippen molar-refractivity contribution in [1.82, 2.24) is 10.3 Å². The molecule has 0 radical (unpaired) electrons. The Hall–Kier alpha value is -1.91. The van der Waals surface area contributed by atoms with E-state index in [1.54, 1.807) is 12.4 Å². The molecule has 0 aliphatic rings. The molecule has 1 heterocycles. The fraction of sp³-hybridized carbons (Fsp3) is 0.364. The second-order valence-corrected chi connectivity index (χ2v) is 3.21. The van der Waals surface area contributed by atoms with E-state index in [4.69, 9.17) is 0 Å². The minimum absolute atomic E-state index is 0.0810. The number of hydrogen-bond donors (Lipinski definition) is 1. The zero-order valence-electron chi connectivity index (χ0n) is 9.10. The van der Waals surface area contributed by atoms with Crippen LogP contribution in [-0.2, 0) is 20.7 Å². The summed E-state index contributed by atoms with van der Waals surface area (Å²) in [5, 5.41) is 2.47. The highest BCUT2D eigenvalue weighted by molar-refractivity contribution is 5.81. The zero-order chi connectivity index (χ0) is 11.8. The van der Waals surface area contributed by atoms with Crippen molar-refractivity contribution < 1.29 is 14.3 Å². The molecular formula is C11H14N2O3. The number of ether oxygens (including phenoxy) is 1. The van der Waals surface area contributed by atoms with Gasteiger partial charge < -0.3 is 10.1 Å². The van der Waals surface area contributed by atoms with E-state index in [0.717, 1.165) is 5.56 Å². The van der Waals surface area contributed by atoms with Crippen molar-refractivity contribution in [3.63, 3.8) is 0 Å². The van der Waals surface area contributed by atoms with Gasteiger partial charge in [0.25, 0.3) is 0 Å². The lowest BCUT2D eigenvalue weighted by Gasteiger charge is -2.03. The van der Waals surface area contributed by atoms with E-state index in [-0.39, 0.29) is 12.5 Å². The summed E-state index contributed by atoms with van der Waals surface area (Å²) in [5.74, 6) is -0.621. The van der Waals surface area contributed by atoms with Gasteiger partial charge in [-0.15, -0.1) is 0 Å². The summed E-state index contributed by atoms with van der Waals surface area (Å²) in [5.41, 5.74) is 0.996. The van der Waals surface area contributed by atoms with E-state index in [0.29, 0.717) is 12.8 Å². The fourth-order valence-electron chi connectivity index (χ4n) is 1.14. The average molecular weight is 222 g/mol. The number of nitrogens with one attached hydrogen (secondary N) is 1. The molecule has 1 aromatic rings. The predicted octanol–water partition coefficient (Wildman–Crippen LogP) is 0.303. The second kappa shape index (κ2) is 6.55. The fourth-order valence-corrected chi connectivity index (χ4v) is 1.14. The lowest BCUT2D eigenvalue weighted by atomic mass is 10.1. The number of rotatable bonds is 5. The molecule has 0 fully saturated rings. The van der Waals surface area contributed by atoms with Crippen molar-refractivity contribution in [2.24, 2.45) is 0 Å². The molecule has 1 N–H and O–H groups in total. The van der Waals surface area contributed by atoms with Crippen LogP contribution >= 0.6 is 0 Å². The molecule has 0 aliphatic carbocycles. The minimum atomic E-state index is -0.449. The first kappa shape index (κ1) is 12.2. The van der Waals surface area contributed by atoms with Crippen LogP contribution in [0.5, 0.6) is 0 Å². The Balaban J connectivity index is 2.23. The van der Waals surface area contributed by atoms with Crippen LogP contribution in [0.25, 0.3) is 0 Å². The normalized spacial score (nSPS) is 9.56. The number of carbonyl (C=O) groups excluding carboxylic acids is 2. The van der Waals surface area contributed by atoms with Gasteiger partial charge in [0.15, 0.2) is 0 Å². The van der Waals surface area contributed by atoms with Crippen LogP contribution in [0, 0.1) is 0 Å². The van der Waals surface area contributed by atoms with E-state index in [2.05, 4.69) is 15.0 Å². The molecule has 86 valence electrons. The molecule has 1 aromatic heterocycles. The molecule has 1 rings (SSSR count). The third-order valence-electron chi connectivity index (χ3n) is 2.02. The Labute approximate surface area is 93.8 Å². The van der Waals surface area contributed by atoms with Gasteiger partial charge in [0.1, 0.15) is 6.54 Å². The van der Waals surface area contributed by atoms with E-state index in [1.807, 2.05) is 12.1 Å². The molecule has 16 heavy (non-hydrogen) atoms. The lowest BCUT2D eigenvalue weighted by molar-refractivity contribution is -0.141. The topological polar surface area (TPSA) is 68.3 Å². The first-order valence-corrected chi connectivity index (χ1v) is 4.95. The Kier molecular flexibility index (Phi) is 4.98. The van der Waals surface area contributed by atoms with Gasteiger partial charge in [-0.1, -0.05) is 6.07 Å². The molecule has 0 bridgehead atoms. The largest absolute Gasteiger partial charge is 0.468 e. The third kappa shape index (κ3) is 4.54. The maximum Gasteiger partial charge on any atom is 0.325 e. The molecule has 5 nitrogen and oxygen atoms in total. The van der Waals surface area contributed by atoms with E-state index in [9.17, 15) is 9.59 Å². The number of aryl methyl sites for hydroxylation is 1. The summed E-state index contributed by atoms with van der Waals surface area (Å²) in [6.45, 7) is -0.0810. The molecule has 1 amide bonds. The Morgan fingerprint density at radius 3 is 2.94 bits per heavy atom. The molecule has 0 aromatic carbocycles. The van der Waals surface area contributed by atoms with Crippen molar-refractivity contribution in [3.8, 4) is 0 Å². The van der Waals surface area contributed by atoms with Crippen LogP contribution in [0.15, 0.2) is 24.5 Å². The van der Waals surface area contributed by atoms with Gasteiger partial charge in [0.2, 0.25) is 5.91 Å². The number of esters is 1. The molecular weight excluding hydrogens is 208 g/mol. The molecule has 0 saturated carbocycles.